The highest BCUT2D eigenvalue weighted by Crippen LogP contribution is 2.19. The van der Waals surface area contributed by atoms with Crippen LogP contribution < -0.4 is 5.73 Å². The zero-order valence-electron chi connectivity index (χ0n) is 8.69. The number of carbonyl (C=O) groups is 1. The molecule has 0 bridgehead atoms. The predicted molar refractivity (Wildman–Crippen MR) is 63.3 cm³/mol. The smallest absolute Gasteiger partial charge is 0.310 e. The maximum absolute atomic E-state index is 11.0. The number of hydrogen-bond donors (Lipinski definition) is 2. The van der Waals surface area contributed by atoms with Gasteiger partial charge in [0, 0.05) is 5.56 Å². The Balaban J connectivity index is 0.00000225. The van der Waals surface area contributed by atoms with Gasteiger partial charge >= 0.3 is 5.97 Å². The molecule has 0 fully saturated rings. The van der Waals surface area contributed by atoms with E-state index < -0.39 is 0 Å². The summed E-state index contributed by atoms with van der Waals surface area (Å²) in [6.45, 7) is 0.537. The van der Waals surface area contributed by atoms with Crippen LogP contribution in [0.4, 0.5) is 0 Å². The van der Waals surface area contributed by atoms with E-state index in [-0.39, 0.29) is 25.6 Å². The molecular weight excluding hydrogens is 206 g/mol. The Bertz CT molecular complexity index is 350. The summed E-state index contributed by atoms with van der Waals surface area (Å²) in [4.78, 5) is 11.0. The van der Waals surface area contributed by atoms with Crippen LogP contribution in [0.3, 0.4) is 0 Å². The zero-order chi connectivity index (χ0) is 11.3. The average Bonchev–Trinajstić information content (AvgIpc) is 2.22. The van der Waals surface area contributed by atoms with Gasteiger partial charge in [-0.1, -0.05) is 19.6 Å². The van der Waals surface area contributed by atoms with E-state index in [1.54, 1.807) is 12.1 Å². The Morgan fingerprint density at radius 1 is 1.50 bits per heavy atom. The largest absolute Gasteiger partial charge is 0.508 e. The van der Waals surface area contributed by atoms with Crippen molar-refractivity contribution < 1.29 is 14.6 Å². The number of carbonyl (C=O) groups excluding carboxylic acids is 1. The molecule has 90 valence electrons. The maximum Gasteiger partial charge on any atom is 0.310 e. The molecule has 0 saturated heterocycles. The van der Waals surface area contributed by atoms with E-state index in [9.17, 15) is 9.90 Å². The number of phenols is 1. The van der Waals surface area contributed by atoms with Crippen LogP contribution in [0.2, 0.25) is 0 Å². The monoisotopic (exact) mass is 225 g/mol. The van der Waals surface area contributed by atoms with Gasteiger partial charge in [-0.3, -0.25) is 4.79 Å². The number of rotatable bonds is 4. The summed E-state index contributed by atoms with van der Waals surface area (Å²) in [5, 5.41) is 9.61. The lowest BCUT2D eigenvalue weighted by atomic mass is 10.1. The molecule has 0 aliphatic carbocycles. The highest BCUT2D eigenvalue weighted by Gasteiger charge is 2.07. The summed E-state index contributed by atoms with van der Waals surface area (Å²) in [7, 11) is 1.32. The standard InChI is InChI=1S/C11H15NO3.CH4/c1-15-11(14)7-9-3-2-8(4-5-12)6-10(9)13;/h2-3,6,13H,4-5,7,12H2,1H3;1H4. The van der Waals surface area contributed by atoms with E-state index in [0.29, 0.717) is 18.5 Å². The Hall–Kier alpha value is -1.55. The molecule has 0 radical (unpaired) electrons. The van der Waals surface area contributed by atoms with Crippen molar-refractivity contribution in [1.82, 2.24) is 0 Å². The summed E-state index contributed by atoms with van der Waals surface area (Å²) >= 11 is 0. The number of hydrogen-bond acceptors (Lipinski definition) is 4. The van der Waals surface area contributed by atoms with Crippen LogP contribution in [-0.4, -0.2) is 24.7 Å². The molecule has 1 rings (SSSR count). The molecule has 0 amide bonds. The van der Waals surface area contributed by atoms with Crippen molar-refractivity contribution in [3.63, 3.8) is 0 Å². The fourth-order valence-electron chi connectivity index (χ4n) is 1.31. The molecule has 3 N–H and O–H groups in total. The molecule has 0 aromatic heterocycles. The van der Waals surface area contributed by atoms with Crippen molar-refractivity contribution in [2.24, 2.45) is 5.73 Å². The number of esters is 1. The highest BCUT2D eigenvalue weighted by molar-refractivity contribution is 5.73. The molecule has 0 atom stereocenters. The summed E-state index contributed by atoms with van der Waals surface area (Å²) in [6.07, 6.45) is 0.803. The molecule has 1 aromatic carbocycles. The first-order valence-corrected chi connectivity index (χ1v) is 4.75. The molecule has 4 nitrogen and oxygen atoms in total. The number of benzene rings is 1. The third-order valence-corrected chi connectivity index (χ3v) is 2.15. The van der Waals surface area contributed by atoms with Crippen LogP contribution in [0.5, 0.6) is 5.75 Å². The molecule has 16 heavy (non-hydrogen) atoms. The van der Waals surface area contributed by atoms with E-state index in [1.807, 2.05) is 6.07 Å². The van der Waals surface area contributed by atoms with Crippen molar-refractivity contribution in [3.05, 3.63) is 29.3 Å². The van der Waals surface area contributed by atoms with Crippen LogP contribution in [0.1, 0.15) is 18.6 Å². The minimum absolute atomic E-state index is 0. The Labute approximate surface area is 96.0 Å². The zero-order valence-corrected chi connectivity index (χ0v) is 8.69. The number of aromatic hydroxyl groups is 1. The molecular formula is C12H19NO3. The third kappa shape index (κ3) is 3.90. The van der Waals surface area contributed by atoms with E-state index in [4.69, 9.17) is 5.73 Å². The van der Waals surface area contributed by atoms with Crippen LogP contribution in [-0.2, 0) is 22.4 Å². The van der Waals surface area contributed by atoms with Crippen LogP contribution in [0.15, 0.2) is 18.2 Å². The number of methoxy groups -OCH3 is 1. The second-order valence-corrected chi connectivity index (χ2v) is 3.25. The minimum atomic E-state index is -0.364. The molecule has 0 aliphatic heterocycles. The van der Waals surface area contributed by atoms with Gasteiger partial charge in [0.05, 0.1) is 13.5 Å². The fourth-order valence-corrected chi connectivity index (χ4v) is 1.31. The second kappa shape index (κ2) is 6.85. The van der Waals surface area contributed by atoms with E-state index in [2.05, 4.69) is 4.74 Å². The van der Waals surface area contributed by atoms with E-state index in [1.165, 1.54) is 7.11 Å². The Morgan fingerprint density at radius 3 is 2.69 bits per heavy atom. The summed E-state index contributed by atoms with van der Waals surface area (Å²) in [6, 6.07) is 5.20. The lowest BCUT2D eigenvalue weighted by molar-refractivity contribution is -0.139. The van der Waals surface area contributed by atoms with Crippen LogP contribution in [0.25, 0.3) is 0 Å². The number of ether oxygens (including phenoxy) is 1. The topological polar surface area (TPSA) is 72.5 Å². The number of phenolic OH excluding ortho intramolecular Hbond substituents is 1. The molecule has 0 unspecified atom stereocenters. The second-order valence-electron chi connectivity index (χ2n) is 3.25. The van der Waals surface area contributed by atoms with Crippen molar-refractivity contribution in [1.29, 1.82) is 0 Å². The molecule has 0 spiro atoms. The first kappa shape index (κ1) is 14.5. The molecule has 0 heterocycles. The van der Waals surface area contributed by atoms with Crippen molar-refractivity contribution in [2.45, 2.75) is 20.3 Å². The van der Waals surface area contributed by atoms with Crippen LogP contribution in [0, 0.1) is 0 Å². The van der Waals surface area contributed by atoms with Crippen molar-refractivity contribution in [2.75, 3.05) is 13.7 Å². The van der Waals surface area contributed by atoms with E-state index >= 15 is 0 Å². The maximum atomic E-state index is 11.0. The van der Waals surface area contributed by atoms with Crippen molar-refractivity contribution >= 4 is 5.97 Å². The Kier molecular flexibility index (Phi) is 6.18. The normalized spacial score (nSPS) is 9.38. The van der Waals surface area contributed by atoms with Gasteiger partial charge in [0.2, 0.25) is 0 Å². The van der Waals surface area contributed by atoms with Gasteiger partial charge in [-0.2, -0.15) is 0 Å². The van der Waals surface area contributed by atoms with Gasteiger partial charge in [0.15, 0.2) is 0 Å². The van der Waals surface area contributed by atoms with Gasteiger partial charge in [-0.05, 0) is 24.6 Å². The SMILES string of the molecule is C.COC(=O)Cc1ccc(CCN)cc1O. The number of nitrogens with two attached hydrogens (primary N) is 1. The molecule has 1 aromatic rings. The van der Waals surface area contributed by atoms with Gasteiger partial charge in [-0.25, -0.2) is 0 Å². The van der Waals surface area contributed by atoms with Gasteiger partial charge in [-0.15, -0.1) is 0 Å². The minimum Gasteiger partial charge on any atom is -0.508 e. The predicted octanol–water partition coefficient (Wildman–Crippen LogP) is 1.24. The van der Waals surface area contributed by atoms with E-state index in [0.717, 1.165) is 5.56 Å². The lowest BCUT2D eigenvalue weighted by Crippen LogP contribution is -2.06. The quantitative estimate of drug-likeness (QED) is 0.756. The van der Waals surface area contributed by atoms with Gasteiger partial charge in [0.25, 0.3) is 0 Å². The Morgan fingerprint density at radius 2 is 2.19 bits per heavy atom. The first-order chi connectivity index (χ1) is 7.17. The van der Waals surface area contributed by atoms with Crippen molar-refractivity contribution in [3.8, 4) is 5.75 Å². The first-order valence-electron chi connectivity index (χ1n) is 4.75. The van der Waals surface area contributed by atoms with Gasteiger partial charge in [0.1, 0.15) is 5.75 Å². The molecule has 0 aliphatic rings. The molecule has 0 saturated carbocycles. The molecule has 4 heteroatoms. The van der Waals surface area contributed by atoms with Crippen LogP contribution >= 0.6 is 0 Å². The fraction of sp³-hybridized carbons (Fsp3) is 0.417. The lowest BCUT2D eigenvalue weighted by Gasteiger charge is -2.05. The van der Waals surface area contributed by atoms with Gasteiger partial charge < -0.3 is 15.6 Å². The average molecular weight is 225 g/mol. The summed E-state index contributed by atoms with van der Waals surface area (Å²) in [5.74, 6) is -0.247. The summed E-state index contributed by atoms with van der Waals surface area (Å²) in [5.41, 5.74) is 6.93. The third-order valence-electron chi connectivity index (χ3n) is 2.15. The summed E-state index contributed by atoms with van der Waals surface area (Å²) < 4.78 is 4.52. The highest BCUT2D eigenvalue weighted by atomic mass is 16.5.